The van der Waals surface area contributed by atoms with Crippen LogP contribution in [0.25, 0.3) is 0 Å². The second-order valence-electron chi connectivity index (χ2n) is 13.0. The van der Waals surface area contributed by atoms with Gasteiger partial charge in [0, 0.05) is 58.4 Å². The number of halogens is 5. The molecule has 0 radical (unpaired) electrons. The van der Waals surface area contributed by atoms with Gasteiger partial charge in [0.1, 0.15) is 25.2 Å². The maximum absolute atomic E-state index is 13.7. The normalized spacial score (nSPS) is 41.3. The zero-order valence-corrected chi connectivity index (χ0v) is 24.8. The van der Waals surface area contributed by atoms with E-state index in [1.54, 1.807) is 7.11 Å². The zero-order valence-electron chi connectivity index (χ0n) is 24.8. The summed E-state index contributed by atoms with van der Waals surface area (Å²) < 4.78 is 79.0. The Hall–Kier alpha value is -1.40. The largest absolute Gasteiger partial charge is 0.406 e. The quantitative estimate of drug-likeness (QED) is 0.210. The van der Waals surface area contributed by atoms with Crippen molar-refractivity contribution >= 4 is 5.96 Å². The van der Waals surface area contributed by atoms with E-state index in [0.29, 0.717) is 25.7 Å². The summed E-state index contributed by atoms with van der Waals surface area (Å²) in [6.45, 7) is 0.238. The molecule has 0 aromatic heterocycles. The molecule has 0 aromatic rings. The molecule has 246 valence electrons. The fourth-order valence-corrected chi connectivity index (χ4v) is 8.13. The van der Waals surface area contributed by atoms with E-state index in [1.807, 2.05) is 9.91 Å². The molecular weight excluding hydrogens is 577 g/mol. The highest BCUT2D eigenvalue weighted by atomic mass is 19.4. The van der Waals surface area contributed by atoms with Crippen molar-refractivity contribution in [1.29, 1.82) is 5.41 Å². The SMILES string of the molecule is COC1NCNC(C2CC2)C1C1NCC2C(N1)N(CC1CCC(N3NC(C(F)F)CC3OC)CC1)C(=N)N2CC(F)(F)F. The van der Waals surface area contributed by atoms with E-state index in [9.17, 15) is 22.0 Å². The minimum atomic E-state index is -4.44. The first-order valence-corrected chi connectivity index (χ1v) is 15.6. The summed E-state index contributed by atoms with van der Waals surface area (Å²) in [6, 6.07) is -1.23. The Morgan fingerprint density at radius 3 is 2.35 bits per heavy atom. The molecule has 16 heteroatoms. The van der Waals surface area contributed by atoms with Crippen LogP contribution in [0.5, 0.6) is 0 Å². The van der Waals surface area contributed by atoms with Crippen molar-refractivity contribution < 1.29 is 31.4 Å². The summed E-state index contributed by atoms with van der Waals surface area (Å²) in [7, 11) is 3.20. The third-order valence-electron chi connectivity index (χ3n) is 10.4. The molecule has 0 aromatic carbocycles. The van der Waals surface area contributed by atoms with E-state index in [4.69, 9.17) is 14.9 Å². The lowest BCUT2D eigenvalue weighted by Crippen LogP contribution is -2.73. The van der Waals surface area contributed by atoms with Crippen molar-refractivity contribution in [3.8, 4) is 0 Å². The number of guanidine groups is 1. The van der Waals surface area contributed by atoms with Gasteiger partial charge in [0.25, 0.3) is 6.43 Å². The van der Waals surface area contributed by atoms with Crippen LogP contribution < -0.4 is 26.7 Å². The Labute approximate surface area is 249 Å². The number of nitrogens with zero attached hydrogens (tertiary/aromatic N) is 3. The van der Waals surface area contributed by atoms with Crippen LogP contribution in [-0.2, 0) is 9.47 Å². The lowest BCUT2D eigenvalue weighted by Gasteiger charge is -2.48. The predicted octanol–water partition coefficient (Wildman–Crippen LogP) is 1.21. The van der Waals surface area contributed by atoms with Crippen molar-refractivity contribution in [2.45, 2.75) is 107 Å². The Balaban J connectivity index is 1.14. The fourth-order valence-electron chi connectivity index (χ4n) is 8.13. The maximum Gasteiger partial charge on any atom is 0.406 e. The molecule has 6 N–H and O–H groups in total. The average Bonchev–Trinajstić information content (AvgIpc) is 3.70. The molecule has 6 aliphatic rings. The number of hydrazine groups is 1. The monoisotopic (exact) mass is 623 g/mol. The molecule has 0 spiro atoms. The molecule has 11 nitrogen and oxygen atoms in total. The van der Waals surface area contributed by atoms with Gasteiger partial charge in [-0.15, -0.1) is 0 Å². The van der Waals surface area contributed by atoms with Gasteiger partial charge in [-0.25, -0.2) is 19.2 Å². The summed E-state index contributed by atoms with van der Waals surface area (Å²) in [4.78, 5) is 3.00. The van der Waals surface area contributed by atoms with Crippen molar-refractivity contribution in [1.82, 2.24) is 41.5 Å². The van der Waals surface area contributed by atoms with Crippen LogP contribution in [-0.4, -0.2) is 123 Å². The predicted molar refractivity (Wildman–Crippen MR) is 148 cm³/mol. The van der Waals surface area contributed by atoms with Gasteiger partial charge in [-0.3, -0.25) is 21.4 Å². The fraction of sp³-hybridized carbons (Fsp3) is 0.963. The van der Waals surface area contributed by atoms with Gasteiger partial charge in [-0.05, 0) is 50.4 Å². The van der Waals surface area contributed by atoms with Crippen LogP contribution in [0.3, 0.4) is 0 Å². The molecule has 2 aliphatic carbocycles. The van der Waals surface area contributed by atoms with Gasteiger partial charge in [-0.1, -0.05) is 0 Å². The lowest BCUT2D eigenvalue weighted by atomic mass is 9.85. The van der Waals surface area contributed by atoms with E-state index in [1.165, 1.54) is 12.0 Å². The van der Waals surface area contributed by atoms with Crippen LogP contribution in [0, 0.1) is 23.2 Å². The van der Waals surface area contributed by atoms with E-state index in [0.717, 1.165) is 38.5 Å². The molecule has 43 heavy (non-hydrogen) atoms. The van der Waals surface area contributed by atoms with Crippen LogP contribution in [0.4, 0.5) is 22.0 Å². The second kappa shape index (κ2) is 12.8. The molecule has 2 saturated carbocycles. The van der Waals surface area contributed by atoms with Gasteiger partial charge in [0.05, 0.1) is 18.2 Å². The number of rotatable bonds is 9. The average molecular weight is 624 g/mol. The lowest BCUT2D eigenvalue weighted by molar-refractivity contribution is -0.141. The second-order valence-corrected chi connectivity index (χ2v) is 13.0. The van der Waals surface area contributed by atoms with Gasteiger partial charge >= 0.3 is 6.18 Å². The number of hydrogen-bond donors (Lipinski definition) is 6. The molecular formula is C27H46F5N9O2. The van der Waals surface area contributed by atoms with Crippen LogP contribution in [0.2, 0.25) is 0 Å². The van der Waals surface area contributed by atoms with E-state index in [-0.39, 0.29) is 48.7 Å². The minimum Gasteiger partial charge on any atom is -0.366 e. The molecule has 0 amide bonds. The highest BCUT2D eigenvalue weighted by Gasteiger charge is 2.54. The Bertz CT molecular complexity index is 970. The van der Waals surface area contributed by atoms with Gasteiger partial charge in [-0.2, -0.15) is 13.2 Å². The number of fused-ring (bicyclic) bond motifs is 1. The highest BCUT2D eigenvalue weighted by Crippen LogP contribution is 2.40. The van der Waals surface area contributed by atoms with Crippen molar-refractivity contribution in [3.05, 3.63) is 0 Å². The molecule has 8 atom stereocenters. The van der Waals surface area contributed by atoms with Crippen LogP contribution in [0.1, 0.15) is 44.9 Å². The minimum absolute atomic E-state index is 0.00842. The molecule has 4 heterocycles. The number of nitrogens with one attached hydrogen (secondary N) is 6. The summed E-state index contributed by atoms with van der Waals surface area (Å²) in [5.74, 6) is 0.609. The van der Waals surface area contributed by atoms with Gasteiger partial charge in [0.2, 0.25) is 0 Å². The first-order valence-electron chi connectivity index (χ1n) is 15.6. The Morgan fingerprint density at radius 1 is 0.977 bits per heavy atom. The maximum atomic E-state index is 13.7. The van der Waals surface area contributed by atoms with E-state index < -0.39 is 43.6 Å². The highest BCUT2D eigenvalue weighted by molar-refractivity contribution is 5.80. The number of alkyl halides is 5. The molecule has 4 saturated heterocycles. The first kappa shape index (κ1) is 31.6. The third-order valence-corrected chi connectivity index (χ3v) is 10.4. The van der Waals surface area contributed by atoms with Crippen LogP contribution in [0.15, 0.2) is 0 Å². The summed E-state index contributed by atoms with van der Waals surface area (Å²) in [5.41, 5.74) is 2.94. The third kappa shape index (κ3) is 6.62. The number of methoxy groups -OCH3 is 2. The van der Waals surface area contributed by atoms with Gasteiger partial charge in [0.15, 0.2) is 5.96 Å². The zero-order chi connectivity index (χ0) is 30.5. The van der Waals surface area contributed by atoms with E-state index in [2.05, 4.69) is 26.7 Å². The molecule has 6 fully saturated rings. The summed E-state index contributed by atoms with van der Waals surface area (Å²) >= 11 is 0. The van der Waals surface area contributed by atoms with Crippen molar-refractivity contribution in [2.24, 2.45) is 17.8 Å². The summed E-state index contributed by atoms with van der Waals surface area (Å²) in [5, 5.41) is 24.8. The Kier molecular flexibility index (Phi) is 9.38. The number of hydrogen-bond acceptors (Lipinski definition) is 9. The molecule has 0 bridgehead atoms. The van der Waals surface area contributed by atoms with Crippen LogP contribution >= 0.6 is 0 Å². The summed E-state index contributed by atoms with van der Waals surface area (Å²) in [6.07, 6.45) is -2.65. The standard InChI is InChI=1S/C27H46F5N9O2/c1-42-19-9-17(22(28)29)38-41(19)16-7-3-14(4-8-16)11-39-24-18(40(26(39)33)12-27(30,31)32)10-34-23(37-24)20-21(15-5-6-15)35-13-36-25(20)43-2/h14-25,33-38H,3-13H2,1-2H3. The van der Waals surface area contributed by atoms with Gasteiger partial charge < -0.3 is 24.6 Å². The van der Waals surface area contributed by atoms with E-state index >= 15 is 0 Å². The first-order chi connectivity index (χ1) is 20.6. The number of ether oxygens (including phenoxy) is 2. The molecule has 4 aliphatic heterocycles. The smallest absolute Gasteiger partial charge is 0.366 e. The van der Waals surface area contributed by atoms with Crippen molar-refractivity contribution in [3.63, 3.8) is 0 Å². The molecule has 6 rings (SSSR count). The molecule has 8 unspecified atom stereocenters. The Morgan fingerprint density at radius 2 is 1.72 bits per heavy atom. The van der Waals surface area contributed by atoms with Crippen molar-refractivity contribution in [2.75, 3.05) is 40.5 Å². The topological polar surface area (TPSA) is 112 Å².